The topological polar surface area (TPSA) is 23.5 Å². The molecule has 1 N–H and O–H groups in total. The Morgan fingerprint density at radius 3 is 2.43 bits per heavy atom. The standard InChI is InChI=1S/C12H23NO/c1-12(2)8-5-9-13(12)10-6-3-4-7-11(10)14/h10-11,14H,3-9H2,1-2H3. The molecular weight excluding hydrogens is 174 g/mol. The van der Waals surface area contributed by atoms with Crippen LogP contribution in [0, 0.1) is 0 Å². The Kier molecular flexibility index (Phi) is 2.85. The van der Waals surface area contributed by atoms with E-state index >= 15 is 0 Å². The van der Waals surface area contributed by atoms with E-state index in [4.69, 9.17) is 0 Å². The molecule has 2 nitrogen and oxygen atoms in total. The Balaban J connectivity index is 2.05. The molecule has 0 aromatic carbocycles. The van der Waals surface area contributed by atoms with E-state index in [0.717, 1.165) is 6.42 Å². The number of hydrogen-bond acceptors (Lipinski definition) is 2. The summed E-state index contributed by atoms with van der Waals surface area (Å²) in [7, 11) is 0. The van der Waals surface area contributed by atoms with Crippen LogP contribution < -0.4 is 0 Å². The lowest BCUT2D eigenvalue weighted by Gasteiger charge is -2.42. The van der Waals surface area contributed by atoms with Gasteiger partial charge in [-0.05, 0) is 46.1 Å². The quantitative estimate of drug-likeness (QED) is 0.696. The van der Waals surface area contributed by atoms with Gasteiger partial charge in [-0.25, -0.2) is 0 Å². The van der Waals surface area contributed by atoms with Gasteiger partial charge in [0.05, 0.1) is 6.10 Å². The van der Waals surface area contributed by atoms with E-state index in [1.54, 1.807) is 0 Å². The molecule has 2 unspecified atom stereocenters. The molecule has 0 amide bonds. The van der Waals surface area contributed by atoms with Gasteiger partial charge in [0, 0.05) is 11.6 Å². The van der Waals surface area contributed by atoms with Crippen molar-refractivity contribution in [1.82, 2.24) is 4.90 Å². The summed E-state index contributed by atoms with van der Waals surface area (Å²) in [5.41, 5.74) is 0.322. The first-order valence-electron chi connectivity index (χ1n) is 6.06. The first kappa shape index (κ1) is 10.4. The highest BCUT2D eigenvalue weighted by Gasteiger charge is 2.39. The van der Waals surface area contributed by atoms with E-state index in [9.17, 15) is 5.11 Å². The molecule has 2 rings (SSSR count). The third kappa shape index (κ3) is 1.82. The van der Waals surface area contributed by atoms with Gasteiger partial charge in [0.15, 0.2) is 0 Å². The Bertz CT molecular complexity index is 202. The number of aliphatic hydroxyl groups is 1. The van der Waals surface area contributed by atoms with E-state index in [-0.39, 0.29) is 6.10 Å². The molecule has 0 aromatic heterocycles. The largest absolute Gasteiger partial charge is 0.391 e. The second kappa shape index (κ2) is 3.82. The number of likely N-dealkylation sites (tertiary alicyclic amines) is 1. The molecule has 1 saturated heterocycles. The average molecular weight is 197 g/mol. The van der Waals surface area contributed by atoms with Gasteiger partial charge in [-0.1, -0.05) is 12.8 Å². The molecule has 1 heterocycles. The summed E-state index contributed by atoms with van der Waals surface area (Å²) < 4.78 is 0. The number of aliphatic hydroxyl groups excluding tert-OH is 1. The minimum Gasteiger partial charge on any atom is -0.391 e. The van der Waals surface area contributed by atoms with Crippen LogP contribution in [0.1, 0.15) is 52.4 Å². The predicted octanol–water partition coefficient (Wildman–Crippen LogP) is 2.16. The summed E-state index contributed by atoms with van der Waals surface area (Å²) in [5, 5.41) is 10.0. The Labute approximate surface area is 87.3 Å². The van der Waals surface area contributed by atoms with Crippen molar-refractivity contribution in [2.24, 2.45) is 0 Å². The summed E-state index contributed by atoms with van der Waals surface area (Å²) in [6.07, 6.45) is 7.25. The molecule has 1 saturated carbocycles. The zero-order valence-corrected chi connectivity index (χ0v) is 9.50. The van der Waals surface area contributed by atoms with Crippen molar-refractivity contribution in [3.63, 3.8) is 0 Å². The summed E-state index contributed by atoms with van der Waals surface area (Å²) in [4.78, 5) is 2.55. The van der Waals surface area contributed by atoms with Gasteiger partial charge < -0.3 is 5.11 Å². The van der Waals surface area contributed by atoms with Gasteiger partial charge in [0.25, 0.3) is 0 Å². The lowest BCUT2D eigenvalue weighted by Crippen LogP contribution is -2.51. The molecule has 1 aliphatic carbocycles. The molecule has 2 aliphatic rings. The fourth-order valence-corrected chi connectivity index (χ4v) is 3.20. The highest BCUT2D eigenvalue weighted by Crippen LogP contribution is 2.35. The van der Waals surface area contributed by atoms with Gasteiger partial charge in [0.2, 0.25) is 0 Å². The molecule has 2 atom stereocenters. The van der Waals surface area contributed by atoms with E-state index < -0.39 is 0 Å². The van der Waals surface area contributed by atoms with Crippen LogP contribution in [0.5, 0.6) is 0 Å². The molecule has 2 fully saturated rings. The fraction of sp³-hybridized carbons (Fsp3) is 1.00. The van der Waals surface area contributed by atoms with Crippen LogP contribution in [0.3, 0.4) is 0 Å². The maximum atomic E-state index is 10.0. The first-order valence-corrected chi connectivity index (χ1v) is 6.06. The number of nitrogens with zero attached hydrogens (tertiary/aromatic N) is 1. The van der Waals surface area contributed by atoms with E-state index in [1.165, 1.54) is 38.6 Å². The van der Waals surface area contributed by atoms with Crippen LogP contribution in [-0.2, 0) is 0 Å². The van der Waals surface area contributed by atoms with Gasteiger partial charge in [0.1, 0.15) is 0 Å². The zero-order chi connectivity index (χ0) is 10.2. The molecular formula is C12H23NO. The lowest BCUT2D eigenvalue weighted by atomic mass is 9.89. The van der Waals surface area contributed by atoms with Crippen molar-refractivity contribution in [1.29, 1.82) is 0 Å². The lowest BCUT2D eigenvalue weighted by molar-refractivity contribution is -0.00830. The molecule has 0 spiro atoms. The molecule has 14 heavy (non-hydrogen) atoms. The Morgan fingerprint density at radius 2 is 1.86 bits per heavy atom. The summed E-state index contributed by atoms with van der Waals surface area (Å²) in [5.74, 6) is 0. The van der Waals surface area contributed by atoms with Crippen molar-refractivity contribution in [2.75, 3.05) is 6.54 Å². The van der Waals surface area contributed by atoms with Crippen molar-refractivity contribution >= 4 is 0 Å². The normalized spacial score (nSPS) is 38.8. The van der Waals surface area contributed by atoms with Crippen molar-refractivity contribution in [3.05, 3.63) is 0 Å². The summed E-state index contributed by atoms with van der Waals surface area (Å²) >= 11 is 0. The molecule has 1 aliphatic heterocycles. The predicted molar refractivity (Wildman–Crippen MR) is 58.3 cm³/mol. The van der Waals surface area contributed by atoms with Gasteiger partial charge in [-0.2, -0.15) is 0 Å². The van der Waals surface area contributed by atoms with Crippen molar-refractivity contribution in [3.8, 4) is 0 Å². The summed E-state index contributed by atoms with van der Waals surface area (Å²) in [6, 6.07) is 0.446. The number of rotatable bonds is 1. The first-order chi connectivity index (χ1) is 6.61. The second-order valence-electron chi connectivity index (χ2n) is 5.53. The van der Waals surface area contributed by atoms with Crippen LogP contribution in [0.2, 0.25) is 0 Å². The van der Waals surface area contributed by atoms with Crippen LogP contribution in [0.25, 0.3) is 0 Å². The molecule has 0 aromatic rings. The van der Waals surface area contributed by atoms with Crippen LogP contribution in [0.4, 0.5) is 0 Å². The number of hydrogen-bond donors (Lipinski definition) is 1. The minimum absolute atomic E-state index is 0.0684. The second-order valence-corrected chi connectivity index (χ2v) is 5.53. The summed E-state index contributed by atoms with van der Waals surface area (Å²) in [6.45, 7) is 5.83. The third-order valence-electron chi connectivity index (χ3n) is 4.06. The molecule has 82 valence electrons. The average Bonchev–Trinajstić information content (AvgIpc) is 2.46. The van der Waals surface area contributed by atoms with Crippen molar-refractivity contribution < 1.29 is 5.11 Å². The zero-order valence-electron chi connectivity index (χ0n) is 9.50. The minimum atomic E-state index is -0.0684. The SMILES string of the molecule is CC1(C)CCCN1C1CCCCC1O. The van der Waals surface area contributed by atoms with Crippen LogP contribution in [0.15, 0.2) is 0 Å². The maximum absolute atomic E-state index is 10.0. The van der Waals surface area contributed by atoms with Gasteiger partial charge >= 0.3 is 0 Å². The maximum Gasteiger partial charge on any atom is 0.0695 e. The highest BCUT2D eigenvalue weighted by atomic mass is 16.3. The van der Waals surface area contributed by atoms with Crippen LogP contribution in [-0.4, -0.2) is 34.2 Å². The smallest absolute Gasteiger partial charge is 0.0695 e. The third-order valence-corrected chi connectivity index (χ3v) is 4.06. The van der Waals surface area contributed by atoms with Gasteiger partial charge in [-0.3, -0.25) is 4.90 Å². The monoisotopic (exact) mass is 197 g/mol. The van der Waals surface area contributed by atoms with Crippen LogP contribution >= 0.6 is 0 Å². The van der Waals surface area contributed by atoms with E-state index in [2.05, 4.69) is 18.7 Å². The Morgan fingerprint density at radius 1 is 1.14 bits per heavy atom. The van der Waals surface area contributed by atoms with E-state index in [0.29, 0.717) is 11.6 Å². The van der Waals surface area contributed by atoms with Crippen molar-refractivity contribution in [2.45, 2.75) is 70.1 Å². The van der Waals surface area contributed by atoms with Gasteiger partial charge in [-0.15, -0.1) is 0 Å². The fourth-order valence-electron chi connectivity index (χ4n) is 3.20. The molecule has 0 bridgehead atoms. The highest BCUT2D eigenvalue weighted by molar-refractivity contribution is 4.95. The molecule has 2 heteroatoms. The molecule has 0 radical (unpaired) electrons. The Hall–Kier alpha value is -0.0800. The van der Waals surface area contributed by atoms with E-state index in [1.807, 2.05) is 0 Å².